The van der Waals surface area contributed by atoms with Gasteiger partial charge in [-0.05, 0) is 36.8 Å². The van der Waals surface area contributed by atoms with Gasteiger partial charge in [0.25, 0.3) is 0 Å². The predicted molar refractivity (Wildman–Crippen MR) is 77.6 cm³/mol. The Labute approximate surface area is 116 Å². The van der Waals surface area contributed by atoms with Crippen LogP contribution in [0.2, 0.25) is 0 Å². The van der Waals surface area contributed by atoms with Gasteiger partial charge in [0.2, 0.25) is 0 Å². The van der Waals surface area contributed by atoms with E-state index < -0.39 is 15.1 Å². The molecular weight excluding hydrogens is 258 g/mol. The number of nitrogens with two attached hydrogens (primary N) is 1. The summed E-state index contributed by atoms with van der Waals surface area (Å²) in [6.45, 7) is 2.42. The van der Waals surface area contributed by atoms with Gasteiger partial charge >= 0.3 is 0 Å². The Kier molecular flexibility index (Phi) is 4.63. The fourth-order valence-electron chi connectivity index (χ4n) is 3.18. The Morgan fingerprint density at radius 2 is 1.95 bits per heavy atom. The Hall–Kier alpha value is -0.870. The van der Waals surface area contributed by atoms with Gasteiger partial charge in [-0.3, -0.25) is 0 Å². The number of sulfone groups is 1. The summed E-state index contributed by atoms with van der Waals surface area (Å²) in [4.78, 5) is 0.406. The minimum Gasteiger partial charge on any atom is -0.329 e. The van der Waals surface area contributed by atoms with Crippen LogP contribution in [0.25, 0.3) is 0 Å². The van der Waals surface area contributed by atoms with Crippen molar-refractivity contribution in [1.82, 2.24) is 0 Å². The highest BCUT2D eigenvalue weighted by molar-refractivity contribution is 7.92. The van der Waals surface area contributed by atoms with Crippen molar-refractivity contribution in [1.29, 1.82) is 0 Å². The fraction of sp³-hybridized carbons (Fsp3) is 0.600. The molecule has 106 valence electrons. The van der Waals surface area contributed by atoms with Crippen molar-refractivity contribution < 1.29 is 8.42 Å². The Bertz CT molecular complexity index is 498. The molecule has 1 fully saturated rings. The lowest BCUT2D eigenvalue weighted by molar-refractivity contribution is 0.273. The van der Waals surface area contributed by atoms with E-state index in [-0.39, 0.29) is 12.5 Å². The molecule has 1 aromatic rings. The molecular formula is C15H23NO2S. The highest BCUT2D eigenvalue weighted by atomic mass is 32.2. The molecule has 0 amide bonds. The van der Waals surface area contributed by atoms with Crippen LogP contribution in [0.5, 0.6) is 0 Å². The fourth-order valence-corrected chi connectivity index (χ4v) is 5.07. The van der Waals surface area contributed by atoms with Crippen LogP contribution in [0.4, 0.5) is 0 Å². The van der Waals surface area contributed by atoms with Gasteiger partial charge < -0.3 is 5.73 Å². The van der Waals surface area contributed by atoms with E-state index in [1.165, 1.54) is 6.42 Å². The summed E-state index contributed by atoms with van der Waals surface area (Å²) in [7, 11) is -3.30. The second-order valence-electron chi connectivity index (χ2n) is 5.66. The van der Waals surface area contributed by atoms with Gasteiger partial charge in [-0.2, -0.15) is 0 Å². The molecule has 1 saturated carbocycles. The molecule has 3 nitrogen and oxygen atoms in total. The van der Waals surface area contributed by atoms with Crippen LogP contribution in [0.1, 0.15) is 32.6 Å². The lowest BCUT2D eigenvalue weighted by atomic mass is 9.80. The first-order chi connectivity index (χ1) is 9.05. The van der Waals surface area contributed by atoms with Crippen molar-refractivity contribution in [2.45, 2.75) is 42.8 Å². The zero-order valence-electron chi connectivity index (χ0n) is 11.5. The van der Waals surface area contributed by atoms with Gasteiger partial charge in [-0.1, -0.05) is 38.0 Å². The molecule has 2 rings (SSSR count). The van der Waals surface area contributed by atoms with E-state index in [1.807, 2.05) is 6.07 Å². The summed E-state index contributed by atoms with van der Waals surface area (Å²) in [5.41, 5.74) is 5.79. The second kappa shape index (κ2) is 6.06. The number of benzene rings is 1. The highest BCUT2D eigenvalue weighted by Crippen LogP contribution is 2.34. The van der Waals surface area contributed by atoms with E-state index in [0.29, 0.717) is 10.8 Å². The first-order valence-electron chi connectivity index (χ1n) is 7.04. The predicted octanol–water partition coefficient (Wildman–Crippen LogP) is 2.61. The third kappa shape index (κ3) is 3.18. The van der Waals surface area contributed by atoms with E-state index in [1.54, 1.807) is 24.3 Å². The Morgan fingerprint density at radius 1 is 1.26 bits per heavy atom. The molecule has 3 unspecified atom stereocenters. The third-order valence-corrected chi connectivity index (χ3v) is 6.51. The molecule has 0 heterocycles. The van der Waals surface area contributed by atoms with Crippen LogP contribution in [0.15, 0.2) is 35.2 Å². The molecule has 2 N–H and O–H groups in total. The number of hydrogen-bond acceptors (Lipinski definition) is 3. The smallest absolute Gasteiger partial charge is 0.182 e. The largest absolute Gasteiger partial charge is 0.329 e. The third-order valence-electron chi connectivity index (χ3n) is 4.21. The monoisotopic (exact) mass is 281 g/mol. The van der Waals surface area contributed by atoms with Crippen molar-refractivity contribution >= 4 is 9.84 Å². The molecule has 0 bridgehead atoms. The van der Waals surface area contributed by atoms with Gasteiger partial charge in [0, 0.05) is 6.54 Å². The SMILES string of the molecule is CC1CCCC(C(CN)S(=O)(=O)c2ccccc2)C1. The highest BCUT2D eigenvalue weighted by Gasteiger charge is 2.35. The number of hydrogen-bond donors (Lipinski definition) is 1. The molecule has 1 aliphatic carbocycles. The first kappa shape index (κ1) is 14.5. The molecule has 0 spiro atoms. The average Bonchev–Trinajstić information content (AvgIpc) is 2.40. The molecule has 0 aliphatic heterocycles. The van der Waals surface area contributed by atoms with Gasteiger partial charge in [0.15, 0.2) is 9.84 Å². The summed E-state index contributed by atoms with van der Waals surface area (Å²) in [5, 5.41) is -0.433. The lowest BCUT2D eigenvalue weighted by Gasteiger charge is -2.32. The normalized spacial score (nSPS) is 26.0. The molecule has 19 heavy (non-hydrogen) atoms. The van der Waals surface area contributed by atoms with Crippen LogP contribution < -0.4 is 5.73 Å². The summed E-state index contributed by atoms with van der Waals surface area (Å²) >= 11 is 0. The Balaban J connectivity index is 2.26. The van der Waals surface area contributed by atoms with E-state index in [4.69, 9.17) is 5.73 Å². The van der Waals surface area contributed by atoms with Crippen molar-refractivity contribution in [2.75, 3.05) is 6.54 Å². The van der Waals surface area contributed by atoms with Crippen molar-refractivity contribution in [3.05, 3.63) is 30.3 Å². The summed E-state index contributed by atoms with van der Waals surface area (Å²) in [6.07, 6.45) is 4.29. The minimum atomic E-state index is -3.30. The quantitative estimate of drug-likeness (QED) is 0.923. The van der Waals surface area contributed by atoms with Crippen LogP contribution in [0, 0.1) is 11.8 Å². The second-order valence-corrected chi connectivity index (χ2v) is 7.83. The van der Waals surface area contributed by atoms with Gasteiger partial charge in [0.05, 0.1) is 10.1 Å². The molecule has 0 aromatic heterocycles. The summed E-state index contributed by atoms with van der Waals surface area (Å²) in [6, 6.07) is 8.71. The molecule has 4 heteroatoms. The average molecular weight is 281 g/mol. The molecule has 1 aromatic carbocycles. The zero-order valence-corrected chi connectivity index (χ0v) is 12.3. The standard InChI is InChI=1S/C15H23NO2S/c1-12-6-5-7-13(10-12)15(11-16)19(17,18)14-8-3-2-4-9-14/h2-4,8-9,12-13,15H,5-7,10-11,16H2,1H3. The minimum absolute atomic E-state index is 0.207. The van der Waals surface area contributed by atoms with Crippen LogP contribution in [-0.2, 0) is 9.84 Å². The lowest BCUT2D eigenvalue weighted by Crippen LogP contribution is -2.38. The zero-order chi connectivity index (χ0) is 13.9. The maximum Gasteiger partial charge on any atom is 0.182 e. The van der Waals surface area contributed by atoms with Crippen LogP contribution in [0.3, 0.4) is 0 Å². The van der Waals surface area contributed by atoms with Crippen LogP contribution in [-0.4, -0.2) is 20.2 Å². The van der Waals surface area contributed by atoms with Crippen LogP contribution >= 0.6 is 0 Å². The Morgan fingerprint density at radius 3 is 2.53 bits per heavy atom. The molecule has 1 aliphatic rings. The summed E-state index contributed by atoms with van der Waals surface area (Å²) in [5.74, 6) is 0.817. The molecule has 0 saturated heterocycles. The molecule has 3 atom stereocenters. The van der Waals surface area contributed by atoms with E-state index in [2.05, 4.69) is 6.92 Å². The van der Waals surface area contributed by atoms with Gasteiger partial charge in [-0.25, -0.2) is 8.42 Å². The van der Waals surface area contributed by atoms with E-state index >= 15 is 0 Å². The topological polar surface area (TPSA) is 60.2 Å². The summed E-state index contributed by atoms with van der Waals surface area (Å²) < 4.78 is 25.4. The van der Waals surface area contributed by atoms with Crippen molar-refractivity contribution in [2.24, 2.45) is 17.6 Å². The van der Waals surface area contributed by atoms with Gasteiger partial charge in [0.1, 0.15) is 0 Å². The van der Waals surface area contributed by atoms with E-state index in [9.17, 15) is 8.42 Å². The van der Waals surface area contributed by atoms with Crippen molar-refractivity contribution in [3.8, 4) is 0 Å². The number of rotatable bonds is 4. The van der Waals surface area contributed by atoms with Gasteiger partial charge in [-0.15, -0.1) is 0 Å². The maximum absolute atomic E-state index is 12.7. The maximum atomic E-state index is 12.7. The van der Waals surface area contributed by atoms with Crippen molar-refractivity contribution in [3.63, 3.8) is 0 Å². The molecule has 0 radical (unpaired) electrons. The first-order valence-corrected chi connectivity index (χ1v) is 8.59. The van der Waals surface area contributed by atoms with E-state index in [0.717, 1.165) is 19.3 Å².